The lowest BCUT2D eigenvalue weighted by atomic mass is 10.4. The van der Waals surface area contributed by atoms with Crippen LogP contribution in [0.25, 0.3) is 0 Å². The van der Waals surface area contributed by atoms with Gasteiger partial charge >= 0.3 is 0 Å². The molecule has 0 saturated carbocycles. The summed E-state index contributed by atoms with van der Waals surface area (Å²) in [5.74, 6) is 0. The van der Waals surface area contributed by atoms with Crippen LogP contribution in [0.1, 0.15) is 6.92 Å². The van der Waals surface area contributed by atoms with E-state index in [0.717, 1.165) is 0 Å². The lowest BCUT2D eigenvalue weighted by Gasteiger charge is -2.11. The van der Waals surface area contributed by atoms with Crippen molar-refractivity contribution in [1.29, 1.82) is 0 Å². The fraction of sp³-hybridized carbons (Fsp3) is 0.333. The minimum absolute atomic E-state index is 0.148. The highest BCUT2D eigenvalue weighted by Gasteiger charge is 2.16. The molecule has 84 valence electrons. The van der Waals surface area contributed by atoms with E-state index in [1.54, 1.807) is 19.1 Å². The van der Waals surface area contributed by atoms with Gasteiger partial charge in [0.2, 0.25) is 10.0 Å². The molecule has 0 radical (unpaired) electrons. The van der Waals surface area contributed by atoms with E-state index in [1.807, 2.05) is 0 Å². The van der Waals surface area contributed by atoms with Crippen molar-refractivity contribution < 1.29 is 8.42 Å². The van der Waals surface area contributed by atoms with Crippen molar-refractivity contribution in [2.75, 3.05) is 6.54 Å². The molecule has 0 fully saturated rings. The highest BCUT2D eigenvalue weighted by molar-refractivity contribution is 7.89. The molecule has 1 atom stereocenters. The van der Waals surface area contributed by atoms with Crippen molar-refractivity contribution in [2.24, 2.45) is 5.73 Å². The maximum Gasteiger partial charge on any atom is 0.240 e. The van der Waals surface area contributed by atoms with E-state index in [9.17, 15) is 8.42 Å². The van der Waals surface area contributed by atoms with Crippen LogP contribution < -0.4 is 10.5 Å². The Kier molecular flexibility index (Phi) is 4.10. The molecule has 0 amide bonds. The first-order valence-electron chi connectivity index (χ1n) is 4.43. The molecule has 0 aliphatic carbocycles. The molecule has 1 rings (SSSR count). The second kappa shape index (κ2) is 4.94. The zero-order valence-electron chi connectivity index (χ0n) is 8.27. The lowest BCUT2D eigenvalue weighted by molar-refractivity contribution is 0.562. The molecular weight excluding hydrogens is 236 g/mol. The van der Waals surface area contributed by atoms with Crippen LogP contribution in [-0.2, 0) is 10.0 Å². The van der Waals surface area contributed by atoms with Crippen molar-refractivity contribution in [2.45, 2.75) is 17.9 Å². The number of benzene rings is 1. The van der Waals surface area contributed by atoms with Gasteiger partial charge in [0, 0.05) is 17.6 Å². The van der Waals surface area contributed by atoms with Gasteiger partial charge in [-0.15, -0.1) is 0 Å². The van der Waals surface area contributed by atoms with Gasteiger partial charge in [0.15, 0.2) is 0 Å². The van der Waals surface area contributed by atoms with Crippen LogP contribution in [-0.4, -0.2) is 21.0 Å². The fourth-order valence-corrected chi connectivity index (χ4v) is 2.57. The summed E-state index contributed by atoms with van der Waals surface area (Å²) >= 11 is 5.70. The zero-order chi connectivity index (χ0) is 11.5. The Morgan fingerprint density at radius 3 is 2.73 bits per heavy atom. The molecule has 1 aromatic rings. The van der Waals surface area contributed by atoms with Crippen LogP contribution in [0.3, 0.4) is 0 Å². The van der Waals surface area contributed by atoms with Gasteiger partial charge in [0.1, 0.15) is 0 Å². The maximum atomic E-state index is 11.7. The van der Waals surface area contributed by atoms with Crippen LogP contribution in [0.2, 0.25) is 5.02 Å². The van der Waals surface area contributed by atoms with Gasteiger partial charge in [-0.25, -0.2) is 13.1 Å². The summed E-state index contributed by atoms with van der Waals surface area (Å²) in [4.78, 5) is 0.148. The van der Waals surface area contributed by atoms with Gasteiger partial charge in [0.25, 0.3) is 0 Å². The third kappa shape index (κ3) is 3.46. The Bertz CT molecular complexity index is 433. The Hall–Kier alpha value is -0.620. The number of nitrogens with one attached hydrogen (secondary N) is 1. The Balaban J connectivity index is 2.96. The number of rotatable bonds is 4. The van der Waals surface area contributed by atoms with E-state index in [2.05, 4.69) is 4.72 Å². The maximum absolute atomic E-state index is 11.7. The van der Waals surface area contributed by atoms with Crippen molar-refractivity contribution >= 4 is 21.6 Å². The van der Waals surface area contributed by atoms with Gasteiger partial charge in [0.05, 0.1) is 4.90 Å². The average Bonchev–Trinajstić information content (AvgIpc) is 2.17. The fourth-order valence-electron chi connectivity index (χ4n) is 1.02. The largest absolute Gasteiger partial charge is 0.329 e. The van der Waals surface area contributed by atoms with Crippen molar-refractivity contribution in [3.05, 3.63) is 29.3 Å². The topological polar surface area (TPSA) is 72.2 Å². The van der Waals surface area contributed by atoms with Crippen molar-refractivity contribution in [3.63, 3.8) is 0 Å². The minimum Gasteiger partial charge on any atom is -0.329 e. The summed E-state index contributed by atoms with van der Waals surface area (Å²) in [6.07, 6.45) is 0. The first-order chi connectivity index (χ1) is 6.95. The third-order valence-electron chi connectivity index (χ3n) is 1.82. The first-order valence-corrected chi connectivity index (χ1v) is 6.30. The van der Waals surface area contributed by atoms with Crippen LogP contribution in [0.5, 0.6) is 0 Å². The summed E-state index contributed by atoms with van der Waals surface area (Å²) in [7, 11) is -3.51. The molecule has 4 nitrogen and oxygen atoms in total. The Morgan fingerprint density at radius 1 is 1.53 bits per heavy atom. The zero-order valence-corrected chi connectivity index (χ0v) is 9.85. The van der Waals surface area contributed by atoms with Crippen LogP contribution in [0, 0.1) is 0 Å². The quantitative estimate of drug-likeness (QED) is 0.834. The summed E-state index contributed by atoms with van der Waals surface area (Å²) in [5, 5.41) is 0.387. The third-order valence-corrected chi connectivity index (χ3v) is 3.64. The van der Waals surface area contributed by atoms with Crippen LogP contribution >= 0.6 is 11.6 Å². The molecule has 0 aliphatic heterocycles. The predicted octanol–water partition coefficient (Wildman–Crippen LogP) is 0.966. The minimum atomic E-state index is -3.51. The van der Waals surface area contributed by atoms with Gasteiger partial charge in [-0.1, -0.05) is 17.7 Å². The first kappa shape index (κ1) is 12.4. The molecule has 0 saturated heterocycles. The summed E-state index contributed by atoms with van der Waals surface area (Å²) in [5.41, 5.74) is 5.33. The molecule has 6 heteroatoms. The van der Waals surface area contributed by atoms with E-state index < -0.39 is 10.0 Å². The average molecular weight is 249 g/mol. The molecule has 1 aromatic carbocycles. The number of halogens is 1. The van der Waals surface area contributed by atoms with E-state index in [1.165, 1.54) is 12.1 Å². The number of hydrogen-bond donors (Lipinski definition) is 2. The summed E-state index contributed by atoms with van der Waals surface area (Å²) in [6.45, 7) is 1.95. The molecule has 0 aliphatic rings. The molecule has 0 heterocycles. The van der Waals surface area contributed by atoms with Gasteiger partial charge in [-0.2, -0.15) is 0 Å². The van der Waals surface area contributed by atoms with Crippen molar-refractivity contribution in [3.8, 4) is 0 Å². The van der Waals surface area contributed by atoms with Crippen LogP contribution in [0.15, 0.2) is 29.2 Å². The lowest BCUT2D eigenvalue weighted by Crippen LogP contribution is -2.37. The Labute approximate surface area is 94.5 Å². The van der Waals surface area contributed by atoms with Gasteiger partial charge in [-0.3, -0.25) is 0 Å². The Morgan fingerprint density at radius 2 is 2.20 bits per heavy atom. The number of nitrogens with two attached hydrogens (primary N) is 1. The highest BCUT2D eigenvalue weighted by Crippen LogP contribution is 2.15. The smallest absolute Gasteiger partial charge is 0.240 e. The molecule has 0 unspecified atom stereocenters. The SMILES string of the molecule is C[C@H](CN)NS(=O)(=O)c1cccc(Cl)c1. The molecule has 0 aromatic heterocycles. The molecule has 0 bridgehead atoms. The van der Waals surface area contributed by atoms with E-state index in [-0.39, 0.29) is 17.5 Å². The molecule has 0 spiro atoms. The van der Waals surface area contributed by atoms with Crippen LogP contribution in [0.4, 0.5) is 0 Å². The second-order valence-corrected chi connectivity index (χ2v) is 5.37. The number of hydrogen-bond acceptors (Lipinski definition) is 3. The molecule has 3 N–H and O–H groups in total. The predicted molar refractivity (Wildman–Crippen MR) is 60.3 cm³/mol. The van der Waals surface area contributed by atoms with E-state index in [0.29, 0.717) is 5.02 Å². The van der Waals surface area contributed by atoms with E-state index >= 15 is 0 Å². The summed E-state index contributed by atoms with van der Waals surface area (Å²) < 4.78 is 25.9. The molecule has 15 heavy (non-hydrogen) atoms. The van der Waals surface area contributed by atoms with E-state index in [4.69, 9.17) is 17.3 Å². The summed E-state index contributed by atoms with van der Waals surface area (Å²) in [6, 6.07) is 5.79. The standard InChI is InChI=1S/C9H13ClN2O2S/c1-7(6-11)12-15(13,14)9-4-2-3-8(10)5-9/h2-5,7,12H,6,11H2,1H3/t7-/m1/s1. The van der Waals surface area contributed by atoms with Crippen molar-refractivity contribution in [1.82, 2.24) is 4.72 Å². The monoisotopic (exact) mass is 248 g/mol. The van der Waals surface area contributed by atoms with Gasteiger partial charge in [-0.05, 0) is 25.1 Å². The number of sulfonamides is 1. The van der Waals surface area contributed by atoms with Gasteiger partial charge < -0.3 is 5.73 Å². The molecular formula is C9H13ClN2O2S. The second-order valence-electron chi connectivity index (χ2n) is 3.22. The highest BCUT2D eigenvalue weighted by atomic mass is 35.5. The normalized spacial score (nSPS) is 13.8.